The van der Waals surface area contributed by atoms with Crippen molar-refractivity contribution in [2.24, 2.45) is 5.92 Å². The molecule has 0 fully saturated rings. The lowest BCUT2D eigenvalue weighted by Crippen LogP contribution is -2.34. The van der Waals surface area contributed by atoms with Crippen LogP contribution in [0.2, 0.25) is 0 Å². The van der Waals surface area contributed by atoms with Crippen molar-refractivity contribution in [3.05, 3.63) is 52.2 Å². The molecule has 2 N–H and O–H groups in total. The van der Waals surface area contributed by atoms with E-state index < -0.39 is 45.0 Å². The van der Waals surface area contributed by atoms with Crippen LogP contribution in [0.15, 0.2) is 40.6 Å². The fraction of sp³-hybridized carbons (Fsp3) is 0.214. The van der Waals surface area contributed by atoms with Gasteiger partial charge in [0, 0.05) is 11.4 Å². The smallest absolute Gasteiger partial charge is 0.308 e. The molecule has 1 unspecified atom stereocenters. The van der Waals surface area contributed by atoms with E-state index in [4.69, 9.17) is 0 Å². The first kappa shape index (κ1) is 17.5. The van der Waals surface area contributed by atoms with Crippen molar-refractivity contribution in [2.75, 3.05) is 6.54 Å². The molecule has 1 atom stereocenters. The highest BCUT2D eigenvalue weighted by Gasteiger charge is 2.25. The first-order chi connectivity index (χ1) is 10.8. The molecule has 0 saturated heterocycles. The molecule has 0 bridgehead atoms. The average Bonchev–Trinajstić information content (AvgIpc) is 2.99. The van der Waals surface area contributed by atoms with Crippen LogP contribution in [-0.4, -0.2) is 26.0 Å². The zero-order valence-corrected chi connectivity index (χ0v) is 13.3. The second-order valence-corrected chi connectivity index (χ2v) is 7.49. The van der Waals surface area contributed by atoms with Gasteiger partial charge >= 0.3 is 5.97 Å². The van der Waals surface area contributed by atoms with Gasteiger partial charge in [-0.05, 0) is 30.0 Å². The first-order valence-electron chi connectivity index (χ1n) is 6.50. The third kappa shape index (κ3) is 4.34. The largest absolute Gasteiger partial charge is 0.481 e. The number of sulfonamides is 1. The number of thiophene rings is 1. The number of halogens is 2. The van der Waals surface area contributed by atoms with Gasteiger partial charge in [-0.25, -0.2) is 21.9 Å². The third-order valence-electron chi connectivity index (χ3n) is 3.10. The normalized spacial score (nSPS) is 13.0. The molecule has 1 heterocycles. The number of nitrogens with one attached hydrogen (secondary N) is 1. The Morgan fingerprint density at radius 1 is 1.26 bits per heavy atom. The van der Waals surface area contributed by atoms with E-state index in [0.29, 0.717) is 0 Å². The number of rotatable bonds is 7. The van der Waals surface area contributed by atoms with Crippen molar-refractivity contribution in [3.8, 4) is 0 Å². The summed E-state index contributed by atoms with van der Waals surface area (Å²) < 4.78 is 52.8. The van der Waals surface area contributed by atoms with E-state index in [1.54, 1.807) is 17.5 Å². The number of aliphatic carboxylic acids is 1. The Morgan fingerprint density at radius 2 is 2.00 bits per heavy atom. The summed E-state index contributed by atoms with van der Waals surface area (Å²) in [5.74, 6) is -4.98. The summed E-state index contributed by atoms with van der Waals surface area (Å²) in [4.78, 5) is 11.2. The van der Waals surface area contributed by atoms with Gasteiger partial charge in [-0.1, -0.05) is 12.1 Å². The predicted octanol–water partition coefficient (Wildman–Crippen LogP) is 2.25. The van der Waals surface area contributed by atoms with Crippen molar-refractivity contribution in [1.82, 2.24) is 4.72 Å². The fourth-order valence-corrected chi connectivity index (χ4v) is 3.85. The molecule has 0 aliphatic rings. The lowest BCUT2D eigenvalue weighted by atomic mass is 10.1. The van der Waals surface area contributed by atoms with Crippen LogP contribution in [-0.2, 0) is 21.2 Å². The van der Waals surface area contributed by atoms with Gasteiger partial charge in [0.1, 0.15) is 4.90 Å². The Labute approximate surface area is 135 Å². The molecule has 2 aromatic rings. The molecule has 1 aromatic carbocycles. The minimum Gasteiger partial charge on any atom is -0.481 e. The molecule has 0 amide bonds. The molecule has 124 valence electrons. The summed E-state index contributed by atoms with van der Waals surface area (Å²) in [6.45, 7) is -0.425. The SMILES string of the molecule is O=C(O)C(CNS(=O)(=O)c1cccc(F)c1F)Cc1cccs1. The molecule has 5 nitrogen and oxygen atoms in total. The van der Waals surface area contributed by atoms with Gasteiger partial charge in [0.05, 0.1) is 5.92 Å². The Kier molecular flexibility index (Phi) is 5.45. The van der Waals surface area contributed by atoms with E-state index in [-0.39, 0.29) is 6.42 Å². The Morgan fingerprint density at radius 3 is 2.61 bits per heavy atom. The monoisotopic (exact) mass is 361 g/mol. The number of hydrogen-bond acceptors (Lipinski definition) is 4. The molecule has 23 heavy (non-hydrogen) atoms. The minimum absolute atomic E-state index is 0.140. The maximum Gasteiger partial charge on any atom is 0.308 e. The van der Waals surface area contributed by atoms with Crippen LogP contribution < -0.4 is 4.72 Å². The zero-order chi connectivity index (χ0) is 17.0. The fourth-order valence-electron chi connectivity index (χ4n) is 1.90. The van der Waals surface area contributed by atoms with Gasteiger partial charge in [0.25, 0.3) is 0 Å². The molecule has 0 aliphatic carbocycles. The van der Waals surface area contributed by atoms with Crippen molar-refractivity contribution in [2.45, 2.75) is 11.3 Å². The van der Waals surface area contributed by atoms with Gasteiger partial charge in [-0.2, -0.15) is 0 Å². The van der Waals surface area contributed by atoms with Crippen molar-refractivity contribution >= 4 is 27.3 Å². The van der Waals surface area contributed by atoms with E-state index in [9.17, 15) is 27.1 Å². The summed E-state index contributed by atoms with van der Waals surface area (Å²) in [6, 6.07) is 6.26. The molecular formula is C14H13F2NO4S2. The molecule has 0 aliphatic heterocycles. The standard InChI is InChI=1S/C14H13F2NO4S2/c15-11-4-1-5-12(13(11)16)23(20,21)17-8-9(14(18)19)7-10-3-2-6-22-10/h1-6,9,17H,7-8H2,(H,18,19). The summed E-state index contributed by atoms with van der Waals surface area (Å²) in [7, 11) is -4.35. The highest BCUT2D eigenvalue weighted by atomic mass is 32.2. The second-order valence-electron chi connectivity index (χ2n) is 4.72. The van der Waals surface area contributed by atoms with Crippen molar-refractivity contribution < 1.29 is 27.1 Å². The minimum atomic E-state index is -4.35. The second kappa shape index (κ2) is 7.16. The number of carboxylic acids is 1. The summed E-state index contributed by atoms with van der Waals surface area (Å²) in [6.07, 6.45) is 0.140. The van der Waals surface area contributed by atoms with Crippen molar-refractivity contribution in [3.63, 3.8) is 0 Å². The van der Waals surface area contributed by atoms with Crippen LogP contribution in [0.25, 0.3) is 0 Å². The maximum absolute atomic E-state index is 13.6. The topological polar surface area (TPSA) is 83.5 Å². The lowest BCUT2D eigenvalue weighted by Gasteiger charge is -2.13. The van der Waals surface area contributed by atoms with Gasteiger partial charge in [-0.15, -0.1) is 11.3 Å². The molecule has 1 aromatic heterocycles. The van der Waals surface area contributed by atoms with Crippen LogP contribution in [0.1, 0.15) is 4.88 Å². The third-order valence-corrected chi connectivity index (χ3v) is 5.44. The van der Waals surface area contributed by atoms with E-state index in [1.807, 2.05) is 4.72 Å². The number of benzene rings is 1. The Bertz CT molecular complexity index is 791. The van der Waals surface area contributed by atoms with Crippen LogP contribution in [0.5, 0.6) is 0 Å². The molecule has 0 radical (unpaired) electrons. The van der Waals surface area contributed by atoms with Crippen LogP contribution in [0, 0.1) is 17.6 Å². The van der Waals surface area contributed by atoms with Crippen LogP contribution in [0.3, 0.4) is 0 Å². The van der Waals surface area contributed by atoms with Crippen molar-refractivity contribution in [1.29, 1.82) is 0 Å². The predicted molar refractivity (Wildman–Crippen MR) is 80.7 cm³/mol. The lowest BCUT2D eigenvalue weighted by molar-refractivity contribution is -0.141. The zero-order valence-electron chi connectivity index (χ0n) is 11.7. The highest BCUT2D eigenvalue weighted by molar-refractivity contribution is 7.89. The molecule has 0 saturated carbocycles. The van der Waals surface area contributed by atoms with Crippen LogP contribution in [0.4, 0.5) is 8.78 Å². The van der Waals surface area contributed by atoms with Crippen LogP contribution >= 0.6 is 11.3 Å². The summed E-state index contributed by atoms with van der Waals surface area (Å²) in [5.41, 5.74) is 0. The van der Waals surface area contributed by atoms with Gasteiger partial charge in [0.2, 0.25) is 10.0 Å². The van der Waals surface area contributed by atoms with E-state index in [0.717, 1.165) is 23.1 Å². The average molecular weight is 361 g/mol. The summed E-state index contributed by atoms with van der Waals surface area (Å²) in [5, 5.41) is 11.0. The van der Waals surface area contributed by atoms with E-state index in [2.05, 4.69) is 0 Å². The molecule has 0 spiro atoms. The maximum atomic E-state index is 13.6. The molecule has 9 heteroatoms. The number of carbonyl (C=O) groups is 1. The van der Waals surface area contributed by atoms with Gasteiger partial charge in [-0.3, -0.25) is 4.79 Å². The van der Waals surface area contributed by atoms with Gasteiger partial charge < -0.3 is 5.11 Å². The molecule has 2 rings (SSSR count). The highest BCUT2D eigenvalue weighted by Crippen LogP contribution is 2.18. The van der Waals surface area contributed by atoms with E-state index >= 15 is 0 Å². The Balaban J connectivity index is 2.13. The van der Waals surface area contributed by atoms with E-state index in [1.165, 1.54) is 11.3 Å². The first-order valence-corrected chi connectivity index (χ1v) is 8.86. The Hall–Kier alpha value is -1.84. The van der Waals surface area contributed by atoms with Gasteiger partial charge in [0.15, 0.2) is 11.6 Å². The molecular weight excluding hydrogens is 348 g/mol. The number of hydrogen-bond donors (Lipinski definition) is 2. The number of carboxylic acid groups (broad SMARTS) is 1. The quantitative estimate of drug-likeness (QED) is 0.792. The summed E-state index contributed by atoms with van der Waals surface area (Å²) >= 11 is 1.35.